The third kappa shape index (κ3) is 4.17. The summed E-state index contributed by atoms with van der Waals surface area (Å²) >= 11 is 5.94. The molecule has 0 aliphatic carbocycles. The second-order valence-corrected chi connectivity index (χ2v) is 7.25. The maximum Gasteiger partial charge on any atom is 0.318 e. The van der Waals surface area contributed by atoms with E-state index >= 15 is 0 Å². The Labute approximate surface area is 168 Å². The summed E-state index contributed by atoms with van der Waals surface area (Å²) < 4.78 is 5.52. The van der Waals surface area contributed by atoms with E-state index in [4.69, 9.17) is 16.1 Å². The molecule has 0 bridgehead atoms. The average molecular weight is 397 g/mol. The zero-order chi connectivity index (χ0) is 19.3. The number of nitrogens with zero attached hydrogens (tertiary/aromatic N) is 3. The molecule has 2 amide bonds. The van der Waals surface area contributed by atoms with Gasteiger partial charge in [0.05, 0.1) is 0 Å². The maximum absolute atomic E-state index is 12.8. The molecule has 1 aliphatic heterocycles. The minimum atomic E-state index is -0.210. The lowest BCUT2D eigenvalue weighted by Gasteiger charge is -2.33. The first-order valence-electron chi connectivity index (χ1n) is 9.38. The van der Waals surface area contributed by atoms with Gasteiger partial charge in [-0.2, -0.15) is 4.98 Å². The van der Waals surface area contributed by atoms with Crippen LogP contribution in [0.1, 0.15) is 36.8 Å². The summed E-state index contributed by atoms with van der Waals surface area (Å²) in [6, 6.07) is 16.8. The van der Waals surface area contributed by atoms with E-state index in [1.165, 1.54) is 0 Å². The van der Waals surface area contributed by atoms with Gasteiger partial charge in [-0.1, -0.05) is 47.1 Å². The molecule has 1 saturated heterocycles. The lowest BCUT2D eigenvalue weighted by molar-refractivity contribution is 0.131. The van der Waals surface area contributed by atoms with Crippen molar-refractivity contribution < 1.29 is 9.32 Å². The molecule has 1 aromatic heterocycles. The van der Waals surface area contributed by atoms with E-state index in [1.807, 2.05) is 42.5 Å². The molecular weight excluding hydrogens is 376 g/mol. The molecule has 1 N–H and O–H groups in total. The van der Waals surface area contributed by atoms with Crippen molar-refractivity contribution >= 4 is 17.6 Å². The van der Waals surface area contributed by atoms with Gasteiger partial charge in [0, 0.05) is 23.7 Å². The van der Waals surface area contributed by atoms with Gasteiger partial charge < -0.3 is 14.7 Å². The molecule has 1 aliphatic rings. The maximum atomic E-state index is 12.8. The second kappa shape index (κ2) is 8.44. The molecule has 2 heterocycles. The topological polar surface area (TPSA) is 71.3 Å². The number of urea groups is 1. The van der Waals surface area contributed by atoms with Crippen molar-refractivity contribution in [3.8, 4) is 11.4 Å². The van der Waals surface area contributed by atoms with Gasteiger partial charge in [0.15, 0.2) is 0 Å². The van der Waals surface area contributed by atoms with Crippen LogP contribution in [0, 0.1) is 0 Å². The molecular formula is C21H21ClN4O2. The van der Waals surface area contributed by atoms with Gasteiger partial charge in [-0.15, -0.1) is 0 Å². The molecule has 1 fully saturated rings. The van der Waals surface area contributed by atoms with Crippen LogP contribution in [0.25, 0.3) is 11.4 Å². The van der Waals surface area contributed by atoms with Crippen molar-refractivity contribution in [3.63, 3.8) is 0 Å². The van der Waals surface area contributed by atoms with Gasteiger partial charge in [0.1, 0.15) is 6.04 Å². The Balaban J connectivity index is 1.47. The van der Waals surface area contributed by atoms with E-state index in [2.05, 4.69) is 15.5 Å². The third-order valence-corrected chi connectivity index (χ3v) is 5.13. The highest BCUT2D eigenvalue weighted by molar-refractivity contribution is 6.30. The number of hydrogen-bond donors (Lipinski definition) is 1. The second-order valence-electron chi connectivity index (χ2n) is 6.81. The number of amides is 2. The molecule has 7 heteroatoms. The molecule has 6 nitrogen and oxygen atoms in total. The lowest BCUT2D eigenvalue weighted by atomic mass is 10.0. The Morgan fingerprint density at radius 3 is 2.71 bits per heavy atom. The van der Waals surface area contributed by atoms with Crippen molar-refractivity contribution in [3.05, 3.63) is 71.1 Å². The Hall–Kier alpha value is -2.86. The minimum absolute atomic E-state index is 0.111. The van der Waals surface area contributed by atoms with Crippen molar-refractivity contribution in [1.82, 2.24) is 20.4 Å². The Kier molecular flexibility index (Phi) is 5.58. The zero-order valence-electron chi connectivity index (χ0n) is 15.3. The summed E-state index contributed by atoms with van der Waals surface area (Å²) in [4.78, 5) is 19.1. The third-order valence-electron chi connectivity index (χ3n) is 4.88. The highest BCUT2D eigenvalue weighted by Gasteiger charge is 2.32. The van der Waals surface area contributed by atoms with E-state index in [0.717, 1.165) is 30.4 Å². The summed E-state index contributed by atoms with van der Waals surface area (Å²) in [5.74, 6) is 0.974. The van der Waals surface area contributed by atoms with Gasteiger partial charge in [-0.3, -0.25) is 0 Å². The minimum Gasteiger partial charge on any atom is -0.337 e. The van der Waals surface area contributed by atoms with Crippen LogP contribution in [0.15, 0.2) is 59.1 Å². The zero-order valence-corrected chi connectivity index (χ0v) is 16.1. The van der Waals surface area contributed by atoms with E-state index in [-0.39, 0.29) is 12.1 Å². The summed E-state index contributed by atoms with van der Waals surface area (Å²) in [6.07, 6.45) is 2.79. The van der Waals surface area contributed by atoms with E-state index in [9.17, 15) is 4.79 Å². The number of carbonyl (C=O) groups excluding carboxylic acids is 1. The highest BCUT2D eigenvalue weighted by atomic mass is 35.5. The number of hydrogen-bond acceptors (Lipinski definition) is 4. The summed E-state index contributed by atoms with van der Waals surface area (Å²) in [6.45, 7) is 1.16. The number of piperidine rings is 1. The number of nitrogens with one attached hydrogen (secondary N) is 1. The Morgan fingerprint density at radius 2 is 1.93 bits per heavy atom. The van der Waals surface area contributed by atoms with Crippen LogP contribution >= 0.6 is 11.6 Å². The Bertz CT molecular complexity index is 927. The van der Waals surface area contributed by atoms with Crippen LogP contribution in [-0.2, 0) is 6.54 Å². The first-order valence-corrected chi connectivity index (χ1v) is 9.76. The number of aromatic nitrogens is 2. The largest absolute Gasteiger partial charge is 0.337 e. The van der Waals surface area contributed by atoms with Gasteiger partial charge in [-0.25, -0.2) is 4.79 Å². The monoisotopic (exact) mass is 396 g/mol. The fourth-order valence-electron chi connectivity index (χ4n) is 3.39. The molecule has 0 unspecified atom stereocenters. The van der Waals surface area contributed by atoms with E-state index < -0.39 is 0 Å². The van der Waals surface area contributed by atoms with Gasteiger partial charge in [0.2, 0.25) is 11.7 Å². The molecule has 2 aromatic carbocycles. The normalized spacial score (nSPS) is 16.8. The van der Waals surface area contributed by atoms with Crippen LogP contribution in [0.5, 0.6) is 0 Å². The highest BCUT2D eigenvalue weighted by Crippen LogP contribution is 2.31. The lowest BCUT2D eigenvalue weighted by Crippen LogP contribution is -2.44. The molecule has 1 atom stereocenters. The Morgan fingerprint density at radius 1 is 1.14 bits per heavy atom. The predicted molar refractivity (Wildman–Crippen MR) is 107 cm³/mol. The fraction of sp³-hybridized carbons (Fsp3) is 0.286. The number of halogens is 1. The van der Waals surface area contributed by atoms with Crippen LogP contribution in [0.2, 0.25) is 5.02 Å². The SMILES string of the molecule is O=C(NCc1ccccc1)N1CCCC[C@@H]1c1nc(-c2ccc(Cl)cc2)no1. The molecule has 0 radical (unpaired) electrons. The van der Waals surface area contributed by atoms with Crippen molar-refractivity contribution in [2.24, 2.45) is 0 Å². The number of rotatable bonds is 4. The van der Waals surface area contributed by atoms with Crippen molar-refractivity contribution in [2.75, 3.05) is 6.54 Å². The summed E-state index contributed by atoms with van der Waals surface area (Å²) in [7, 11) is 0. The molecule has 28 heavy (non-hydrogen) atoms. The standard InChI is InChI=1S/C21H21ClN4O2/c22-17-11-9-16(10-12-17)19-24-20(28-25-19)18-8-4-5-13-26(18)21(27)23-14-15-6-2-1-3-7-15/h1-3,6-7,9-12,18H,4-5,8,13-14H2,(H,23,27)/t18-/m1/s1. The molecule has 0 spiro atoms. The van der Waals surface area contributed by atoms with E-state index in [1.54, 1.807) is 17.0 Å². The first-order chi connectivity index (χ1) is 13.7. The smallest absolute Gasteiger partial charge is 0.318 e. The predicted octanol–water partition coefficient (Wildman–Crippen LogP) is 4.83. The molecule has 3 aromatic rings. The number of benzene rings is 2. The van der Waals surface area contributed by atoms with Gasteiger partial charge in [0.25, 0.3) is 0 Å². The van der Waals surface area contributed by atoms with Crippen molar-refractivity contribution in [2.45, 2.75) is 31.8 Å². The summed E-state index contributed by atoms with van der Waals surface area (Å²) in [5, 5.41) is 7.74. The van der Waals surface area contributed by atoms with Gasteiger partial charge in [-0.05, 0) is 49.1 Å². The quantitative estimate of drug-likeness (QED) is 0.685. The van der Waals surface area contributed by atoms with Crippen molar-refractivity contribution in [1.29, 1.82) is 0 Å². The van der Waals surface area contributed by atoms with Gasteiger partial charge >= 0.3 is 6.03 Å². The molecule has 4 rings (SSSR count). The van der Waals surface area contributed by atoms with Crippen LogP contribution in [0.4, 0.5) is 4.79 Å². The first kappa shape index (κ1) is 18.5. The molecule has 144 valence electrons. The summed E-state index contributed by atoms with van der Waals surface area (Å²) in [5.41, 5.74) is 1.89. The van der Waals surface area contributed by atoms with Crippen LogP contribution in [0.3, 0.4) is 0 Å². The van der Waals surface area contributed by atoms with Crippen LogP contribution in [-0.4, -0.2) is 27.6 Å². The van der Waals surface area contributed by atoms with Crippen LogP contribution < -0.4 is 5.32 Å². The number of carbonyl (C=O) groups is 1. The number of likely N-dealkylation sites (tertiary alicyclic amines) is 1. The molecule has 0 saturated carbocycles. The van der Waals surface area contributed by atoms with E-state index in [0.29, 0.717) is 29.8 Å². The average Bonchev–Trinajstić information content (AvgIpc) is 3.23. The fourth-order valence-corrected chi connectivity index (χ4v) is 3.52.